The maximum Gasteiger partial charge on any atom is 0.338 e. The summed E-state index contributed by atoms with van der Waals surface area (Å²) < 4.78 is 12.8. The third-order valence-corrected chi connectivity index (χ3v) is 7.00. The van der Waals surface area contributed by atoms with Crippen molar-refractivity contribution in [1.82, 2.24) is 40.0 Å². The molecule has 2 atom stereocenters. The zero-order valence-corrected chi connectivity index (χ0v) is 19.2. The Morgan fingerprint density at radius 2 is 2.03 bits per heavy atom. The third-order valence-electron chi connectivity index (χ3n) is 7.00. The van der Waals surface area contributed by atoms with Crippen LogP contribution in [0.15, 0.2) is 30.9 Å². The van der Waals surface area contributed by atoms with Crippen LogP contribution in [0, 0.1) is 6.92 Å². The van der Waals surface area contributed by atoms with Crippen molar-refractivity contribution in [3.05, 3.63) is 58.7 Å². The molecule has 1 aromatic carbocycles. The van der Waals surface area contributed by atoms with E-state index < -0.39 is 0 Å². The van der Waals surface area contributed by atoms with Crippen molar-refractivity contribution in [2.24, 2.45) is 0 Å². The molecule has 0 spiro atoms. The van der Waals surface area contributed by atoms with E-state index in [2.05, 4.69) is 30.4 Å². The highest BCUT2D eigenvalue weighted by Crippen LogP contribution is 2.33. The van der Waals surface area contributed by atoms with Crippen molar-refractivity contribution in [2.75, 3.05) is 32.8 Å². The molecule has 2 saturated heterocycles. The van der Waals surface area contributed by atoms with Crippen molar-refractivity contribution in [1.29, 1.82) is 0 Å². The van der Waals surface area contributed by atoms with Crippen molar-refractivity contribution in [2.45, 2.75) is 32.1 Å². The van der Waals surface area contributed by atoms with Crippen LogP contribution in [0.5, 0.6) is 0 Å². The molecule has 3 aliphatic rings. The first-order valence-electron chi connectivity index (χ1n) is 11.5. The number of amides is 1. The molecule has 3 aliphatic heterocycles. The molecule has 35 heavy (non-hydrogen) atoms. The van der Waals surface area contributed by atoms with E-state index in [1.165, 1.54) is 11.0 Å². The fraction of sp³-hybridized carbons (Fsp3) is 0.435. The summed E-state index contributed by atoms with van der Waals surface area (Å²) in [5.74, 6) is 0.145. The summed E-state index contributed by atoms with van der Waals surface area (Å²) in [4.78, 5) is 37.6. The number of aromatic nitrogens is 6. The Labute approximate surface area is 200 Å². The number of nitrogens with zero attached hydrogens (tertiary/aromatic N) is 8. The second-order valence-electron chi connectivity index (χ2n) is 9.02. The minimum atomic E-state index is -0.255. The Balaban J connectivity index is 1.07. The number of cyclic esters (lactones) is 1. The zero-order valence-electron chi connectivity index (χ0n) is 19.2. The van der Waals surface area contributed by atoms with E-state index in [1.807, 2.05) is 24.0 Å². The number of benzene rings is 1. The standard InChI is InChI=1S/C23H24N8O4/c1-14-17(2-3-18-19(14)12-35-22(18)33)20-10-29-4-5-30(9-16(29)11-34-20)21(32)6-15-7-24-23(25-8-15)31-13-26-27-28-31/h2-3,7-8,13,16,20H,4-6,9-12H2,1H3/t16-,20+/m0/s1. The van der Waals surface area contributed by atoms with Gasteiger partial charge in [-0.1, -0.05) is 6.07 Å². The average molecular weight is 476 g/mol. The maximum absolute atomic E-state index is 13.0. The molecule has 0 aliphatic carbocycles. The van der Waals surface area contributed by atoms with Crippen LogP contribution in [0.2, 0.25) is 0 Å². The number of carbonyl (C=O) groups excluding carboxylic acids is 2. The highest BCUT2D eigenvalue weighted by atomic mass is 16.5. The molecule has 0 radical (unpaired) electrons. The minimum Gasteiger partial charge on any atom is -0.457 e. The number of hydrogen-bond donors (Lipinski definition) is 0. The van der Waals surface area contributed by atoms with Crippen molar-refractivity contribution < 1.29 is 19.1 Å². The van der Waals surface area contributed by atoms with E-state index in [-0.39, 0.29) is 30.4 Å². The molecule has 0 bridgehead atoms. The Bertz CT molecular complexity index is 1260. The van der Waals surface area contributed by atoms with Gasteiger partial charge in [-0.2, -0.15) is 4.68 Å². The summed E-state index contributed by atoms with van der Waals surface area (Å²) >= 11 is 0. The first-order valence-corrected chi connectivity index (χ1v) is 11.5. The molecule has 180 valence electrons. The van der Waals surface area contributed by atoms with Gasteiger partial charge in [-0.15, -0.1) is 5.10 Å². The fourth-order valence-corrected chi connectivity index (χ4v) is 5.01. The minimum absolute atomic E-state index is 0.0460. The number of piperazine rings is 1. The van der Waals surface area contributed by atoms with Gasteiger partial charge in [0.15, 0.2) is 0 Å². The molecule has 12 nitrogen and oxygen atoms in total. The molecule has 1 amide bonds. The molecule has 6 rings (SSSR count). The molecule has 0 N–H and O–H groups in total. The van der Waals surface area contributed by atoms with E-state index in [9.17, 15) is 9.59 Å². The Hall–Kier alpha value is -3.77. The number of morpholine rings is 1. The highest BCUT2D eigenvalue weighted by molar-refractivity contribution is 5.94. The summed E-state index contributed by atoms with van der Waals surface area (Å²) in [6, 6.07) is 3.98. The number of hydrogen-bond acceptors (Lipinski definition) is 10. The van der Waals surface area contributed by atoms with Crippen LogP contribution in [-0.2, 0) is 27.3 Å². The molecule has 3 aromatic rings. The zero-order chi connectivity index (χ0) is 23.9. The van der Waals surface area contributed by atoms with E-state index in [0.29, 0.717) is 37.8 Å². The molecule has 2 fully saturated rings. The lowest BCUT2D eigenvalue weighted by molar-refractivity contribution is -0.139. The topological polar surface area (TPSA) is 128 Å². The molecular weight excluding hydrogens is 452 g/mol. The number of fused-ring (bicyclic) bond motifs is 2. The molecule has 5 heterocycles. The van der Waals surface area contributed by atoms with Crippen LogP contribution in [-0.4, -0.2) is 90.7 Å². The average Bonchev–Trinajstić information content (AvgIpc) is 3.55. The molecule has 0 unspecified atom stereocenters. The summed E-state index contributed by atoms with van der Waals surface area (Å²) in [6.07, 6.45) is 4.84. The molecule has 0 saturated carbocycles. The van der Waals surface area contributed by atoms with Gasteiger partial charge in [0.05, 0.1) is 30.7 Å². The first kappa shape index (κ1) is 21.7. The second-order valence-corrected chi connectivity index (χ2v) is 9.02. The number of carbonyl (C=O) groups is 2. The lowest BCUT2D eigenvalue weighted by Gasteiger charge is -2.46. The Kier molecular flexibility index (Phi) is 5.46. The number of tetrazole rings is 1. The van der Waals surface area contributed by atoms with Gasteiger partial charge in [0.25, 0.3) is 5.95 Å². The van der Waals surface area contributed by atoms with Gasteiger partial charge in [0.2, 0.25) is 5.91 Å². The summed E-state index contributed by atoms with van der Waals surface area (Å²) in [5.41, 5.74) is 4.53. The smallest absolute Gasteiger partial charge is 0.338 e. The first-order chi connectivity index (χ1) is 17.1. The van der Waals surface area contributed by atoms with Crippen molar-refractivity contribution >= 4 is 11.9 Å². The summed E-state index contributed by atoms with van der Waals surface area (Å²) in [7, 11) is 0. The van der Waals surface area contributed by atoms with Gasteiger partial charge in [-0.3, -0.25) is 9.69 Å². The maximum atomic E-state index is 13.0. The van der Waals surface area contributed by atoms with E-state index in [1.54, 1.807) is 12.4 Å². The predicted molar refractivity (Wildman–Crippen MR) is 119 cm³/mol. The number of rotatable bonds is 4. The van der Waals surface area contributed by atoms with Crippen LogP contribution in [0.4, 0.5) is 0 Å². The van der Waals surface area contributed by atoms with Gasteiger partial charge in [-0.05, 0) is 40.1 Å². The molecule has 12 heteroatoms. The van der Waals surface area contributed by atoms with Crippen LogP contribution < -0.4 is 0 Å². The van der Waals surface area contributed by atoms with E-state index >= 15 is 0 Å². The van der Waals surface area contributed by atoms with Crippen LogP contribution >= 0.6 is 0 Å². The van der Waals surface area contributed by atoms with Gasteiger partial charge >= 0.3 is 5.97 Å². The highest BCUT2D eigenvalue weighted by Gasteiger charge is 2.36. The van der Waals surface area contributed by atoms with Gasteiger partial charge in [0, 0.05) is 44.1 Å². The summed E-state index contributed by atoms with van der Waals surface area (Å²) in [6.45, 7) is 5.74. The third kappa shape index (κ3) is 4.04. The van der Waals surface area contributed by atoms with E-state index in [0.717, 1.165) is 35.3 Å². The van der Waals surface area contributed by atoms with Gasteiger partial charge in [-0.25, -0.2) is 14.8 Å². The summed E-state index contributed by atoms with van der Waals surface area (Å²) in [5, 5.41) is 10.9. The number of ether oxygens (including phenoxy) is 2. The normalized spacial score (nSPS) is 22.0. The van der Waals surface area contributed by atoms with Gasteiger partial charge < -0.3 is 14.4 Å². The Morgan fingerprint density at radius 3 is 2.83 bits per heavy atom. The van der Waals surface area contributed by atoms with Crippen molar-refractivity contribution in [3.63, 3.8) is 0 Å². The monoisotopic (exact) mass is 476 g/mol. The largest absolute Gasteiger partial charge is 0.457 e. The van der Waals surface area contributed by atoms with Crippen molar-refractivity contribution in [3.8, 4) is 5.95 Å². The molecular formula is C23H24N8O4. The van der Waals surface area contributed by atoms with Crippen LogP contribution in [0.25, 0.3) is 5.95 Å². The number of esters is 1. The lowest BCUT2D eigenvalue weighted by Crippen LogP contribution is -2.59. The predicted octanol–water partition coefficient (Wildman–Crippen LogP) is 0.258. The lowest BCUT2D eigenvalue weighted by atomic mass is 9.94. The quantitative estimate of drug-likeness (QED) is 0.484. The molecule has 2 aromatic heterocycles. The second kappa shape index (κ2) is 8.78. The van der Waals surface area contributed by atoms with Gasteiger partial charge in [0.1, 0.15) is 12.9 Å². The van der Waals surface area contributed by atoms with Crippen LogP contribution in [0.1, 0.15) is 38.7 Å². The Morgan fingerprint density at radius 1 is 1.17 bits per heavy atom. The van der Waals surface area contributed by atoms with E-state index in [4.69, 9.17) is 9.47 Å². The van der Waals surface area contributed by atoms with Crippen LogP contribution in [0.3, 0.4) is 0 Å². The fourth-order valence-electron chi connectivity index (χ4n) is 5.01. The SMILES string of the molecule is Cc1c([C@H]2CN3CCN(C(=O)Cc4cnc(-n5cnnn5)nc4)C[C@H]3CO2)ccc2c1COC2=O.